The molecule has 0 bridgehead atoms. The Kier molecular flexibility index (Phi) is 3.46. The number of benzene rings is 2. The van der Waals surface area contributed by atoms with Gasteiger partial charge in [-0.15, -0.1) is 0 Å². The summed E-state index contributed by atoms with van der Waals surface area (Å²) in [5, 5.41) is 0. The molecule has 94 valence electrons. The Bertz CT molecular complexity index is 555. The second kappa shape index (κ2) is 5.04. The number of hydrogen-bond acceptors (Lipinski definition) is 2. The molecule has 0 spiro atoms. The maximum absolute atomic E-state index is 13.6. The molecule has 0 aliphatic rings. The van der Waals surface area contributed by atoms with Gasteiger partial charge in [-0.05, 0) is 30.3 Å². The third kappa shape index (κ3) is 2.77. The molecule has 2 nitrogen and oxygen atoms in total. The lowest BCUT2D eigenvalue weighted by Crippen LogP contribution is -2.17. The number of nitrogens with two attached hydrogens (primary N) is 1. The van der Waals surface area contributed by atoms with Gasteiger partial charge in [0.15, 0.2) is 0 Å². The van der Waals surface area contributed by atoms with Gasteiger partial charge in [0.25, 0.3) is 0 Å². The summed E-state index contributed by atoms with van der Waals surface area (Å²) >= 11 is 0. The van der Waals surface area contributed by atoms with Crippen LogP contribution >= 0.6 is 0 Å². The van der Waals surface area contributed by atoms with Crippen LogP contribution in [0.25, 0.3) is 0 Å². The Morgan fingerprint density at radius 1 is 1.11 bits per heavy atom. The monoisotopic (exact) mass is 248 g/mol. The van der Waals surface area contributed by atoms with E-state index in [2.05, 4.69) is 0 Å². The van der Waals surface area contributed by atoms with Crippen LogP contribution in [-0.4, -0.2) is 7.05 Å². The highest BCUT2D eigenvalue weighted by atomic mass is 19.1. The van der Waals surface area contributed by atoms with Gasteiger partial charge in [-0.2, -0.15) is 0 Å². The van der Waals surface area contributed by atoms with Crippen LogP contribution in [0.2, 0.25) is 0 Å². The van der Waals surface area contributed by atoms with Crippen molar-refractivity contribution in [1.82, 2.24) is 0 Å². The Balaban J connectivity index is 2.18. The summed E-state index contributed by atoms with van der Waals surface area (Å²) in [5.41, 5.74) is 7.10. The second-order valence-electron chi connectivity index (χ2n) is 4.19. The molecule has 2 rings (SSSR count). The number of hydrogen-bond donors (Lipinski definition) is 1. The Morgan fingerprint density at radius 3 is 2.56 bits per heavy atom. The molecule has 0 unspecified atom stereocenters. The van der Waals surface area contributed by atoms with Crippen molar-refractivity contribution >= 4 is 11.4 Å². The van der Waals surface area contributed by atoms with Crippen molar-refractivity contribution in [2.75, 3.05) is 17.7 Å². The zero-order valence-electron chi connectivity index (χ0n) is 10.0. The van der Waals surface area contributed by atoms with E-state index in [1.165, 1.54) is 18.2 Å². The topological polar surface area (TPSA) is 29.3 Å². The van der Waals surface area contributed by atoms with Gasteiger partial charge in [0, 0.05) is 30.5 Å². The molecule has 0 heterocycles. The molecule has 2 N–H and O–H groups in total. The van der Waals surface area contributed by atoms with Gasteiger partial charge >= 0.3 is 0 Å². The first-order valence-corrected chi connectivity index (χ1v) is 5.57. The summed E-state index contributed by atoms with van der Waals surface area (Å²) in [4.78, 5) is 1.78. The summed E-state index contributed by atoms with van der Waals surface area (Å²) in [5.74, 6) is -0.657. The van der Waals surface area contributed by atoms with Crippen molar-refractivity contribution in [3.8, 4) is 0 Å². The molecule has 0 aliphatic heterocycles. The summed E-state index contributed by atoms with van der Waals surface area (Å²) in [6.45, 7) is 0.357. The van der Waals surface area contributed by atoms with Crippen LogP contribution in [0.1, 0.15) is 5.56 Å². The minimum atomic E-state index is -0.349. The van der Waals surface area contributed by atoms with E-state index in [1.54, 1.807) is 36.2 Å². The summed E-state index contributed by atoms with van der Waals surface area (Å²) < 4.78 is 26.7. The van der Waals surface area contributed by atoms with Gasteiger partial charge in [0.2, 0.25) is 0 Å². The fourth-order valence-corrected chi connectivity index (χ4v) is 1.75. The zero-order chi connectivity index (χ0) is 13.1. The highest BCUT2D eigenvalue weighted by Gasteiger charge is 2.07. The number of anilines is 2. The van der Waals surface area contributed by atoms with Gasteiger partial charge in [-0.25, -0.2) is 8.78 Å². The molecule has 18 heavy (non-hydrogen) atoms. The van der Waals surface area contributed by atoms with E-state index in [0.717, 1.165) is 0 Å². The highest BCUT2D eigenvalue weighted by Crippen LogP contribution is 2.19. The van der Waals surface area contributed by atoms with Gasteiger partial charge < -0.3 is 10.6 Å². The third-order valence-electron chi connectivity index (χ3n) is 2.73. The van der Waals surface area contributed by atoms with Crippen molar-refractivity contribution in [3.05, 3.63) is 59.7 Å². The van der Waals surface area contributed by atoms with Crippen molar-refractivity contribution in [2.45, 2.75) is 6.54 Å². The Morgan fingerprint density at radius 2 is 1.89 bits per heavy atom. The largest absolute Gasteiger partial charge is 0.399 e. The van der Waals surface area contributed by atoms with E-state index in [1.807, 2.05) is 0 Å². The molecule has 0 atom stereocenters. The van der Waals surface area contributed by atoms with Crippen LogP contribution < -0.4 is 10.6 Å². The van der Waals surface area contributed by atoms with Gasteiger partial charge in [0.1, 0.15) is 11.6 Å². The van der Waals surface area contributed by atoms with Crippen molar-refractivity contribution in [1.29, 1.82) is 0 Å². The maximum atomic E-state index is 13.6. The fraction of sp³-hybridized carbons (Fsp3) is 0.143. The number of rotatable bonds is 3. The minimum absolute atomic E-state index is 0.308. The Labute approximate surface area is 105 Å². The zero-order valence-corrected chi connectivity index (χ0v) is 10.0. The van der Waals surface area contributed by atoms with Gasteiger partial charge in [0.05, 0.1) is 0 Å². The molecule has 0 saturated carbocycles. The van der Waals surface area contributed by atoms with Crippen LogP contribution in [0.3, 0.4) is 0 Å². The number of halogens is 2. The highest BCUT2D eigenvalue weighted by molar-refractivity contribution is 5.47. The van der Waals surface area contributed by atoms with Crippen LogP contribution in [0.4, 0.5) is 20.2 Å². The number of nitrogen functional groups attached to an aromatic ring is 1. The SMILES string of the molecule is CN(Cc1ccc(N)cc1F)c1cccc(F)c1. The lowest BCUT2D eigenvalue weighted by Gasteiger charge is -2.19. The van der Waals surface area contributed by atoms with Crippen molar-refractivity contribution < 1.29 is 8.78 Å². The van der Waals surface area contributed by atoms with E-state index in [-0.39, 0.29) is 11.6 Å². The summed E-state index contributed by atoms with van der Waals surface area (Å²) in [6, 6.07) is 10.8. The predicted octanol–water partition coefficient (Wildman–Crippen LogP) is 3.18. The lowest BCUT2D eigenvalue weighted by atomic mass is 10.1. The lowest BCUT2D eigenvalue weighted by molar-refractivity contribution is 0.608. The smallest absolute Gasteiger partial charge is 0.130 e. The first kappa shape index (κ1) is 12.4. The van der Waals surface area contributed by atoms with E-state index in [0.29, 0.717) is 23.5 Å². The first-order valence-electron chi connectivity index (χ1n) is 5.57. The molecular formula is C14H14F2N2. The summed E-state index contributed by atoms with van der Waals surface area (Å²) in [7, 11) is 1.78. The molecule has 0 radical (unpaired) electrons. The molecule has 2 aromatic carbocycles. The van der Waals surface area contributed by atoms with Crippen molar-refractivity contribution in [3.63, 3.8) is 0 Å². The predicted molar refractivity (Wildman–Crippen MR) is 69.3 cm³/mol. The average Bonchev–Trinajstić information content (AvgIpc) is 2.32. The third-order valence-corrected chi connectivity index (χ3v) is 2.73. The van der Waals surface area contributed by atoms with E-state index >= 15 is 0 Å². The quantitative estimate of drug-likeness (QED) is 0.845. The van der Waals surface area contributed by atoms with E-state index < -0.39 is 0 Å². The van der Waals surface area contributed by atoms with Crippen molar-refractivity contribution in [2.24, 2.45) is 0 Å². The van der Waals surface area contributed by atoms with Crippen LogP contribution in [0.15, 0.2) is 42.5 Å². The van der Waals surface area contributed by atoms with E-state index in [4.69, 9.17) is 5.73 Å². The van der Waals surface area contributed by atoms with Crippen LogP contribution in [0, 0.1) is 11.6 Å². The van der Waals surface area contributed by atoms with E-state index in [9.17, 15) is 8.78 Å². The summed E-state index contributed by atoms with van der Waals surface area (Å²) in [6.07, 6.45) is 0. The molecule has 4 heteroatoms. The molecular weight excluding hydrogens is 234 g/mol. The molecule has 0 saturated heterocycles. The van der Waals surface area contributed by atoms with Gasteiger partial charge in [-0.1, -0.05) is 12.1 Å². The standard InChI is InChI=1S/C14H14F2N2/c1-18(13-4-2-3-11(15)7-13)9-10-5-6-12(17)8-14(10)16/h2-8H,9,17H2,1H3. The molecule has 0 aromatic heterocycles. The molecule has 0 amide bonds. The van der Waals surface area contributed by atoms with Crippen LogP contribution in [0.5, 0.6) is 0 Å². The normalized spacial score (nSPS) is 10.4. The maximum Gasteiger partial charge on any atom is 0.130 e. The molecule has 0 aliphatic carbocycles. The average molecular weight is 248 g/mol. The minimum Gasteiger partial charge on any atom is -0.399 e. The second-order valence-corrected chi connectivity index (χ2v) is 4.19. The van der Waals surface area contributed by atoms with Crippen LogP contribution in [-0.2, 0) is 6.54 Å². The Hall–Kier alpha value is -2.10. The fourth-order valence-electron chi connectivity index (χ4n) is 1.75. The molecule has 0 fully saturated rings. The van der Waals surface area contributed by atoms with Gasteiger partial charge in [-0.3, -0.25) is 0 Å². The number of nitrogens with zero attached hydrogens (tertiary/aromatic N) is 1. The molecule has 2 aromatic rings. The first-order chi connectivity index (χ1) is 8.56.